The first-order valence-electron chi connectivity index (χ1n) is 5.94. The van der Waals surface area contributed by atoms with Gasteiger partial charge in [0.05, 0.1) is 6.10 Å². The van der Waals surface area contributed by atoms with Crippen molar-refractivity contribution in [2.75, 3.05) is 12.4 Å². The lowest BCUT2D eigenvalue weighted by atomic mass is 9.79. The van der Waals surface area contributed by atoms with E-state index in [2.05, 4.69) is 15.9 Å². The summed E-state index contributed by atoms with van der Waals surface area (Å²) in [5.74, 6) is 2.70. The van der Waals surface area contributed by atoms with Gasteiger partial charge < -0.3 is 4.74 Å². The second-order valence-corrected chi connectivity index (χ2v) is 5.62. The quantitative estimate of drug-likeness (QED) is 0.702. The van der Waals surface area contributed by atoms with Crippen LogP contribution < -0.4 is 0 Å². The van der Waals surface area contributed by atoms with Gasteiger partial charge in [0.2, 0.25) is 0 Å². The van der Waals surface area contributed by atoms with E-state index in [-0.39, 0.29) is 0 Å². The smallest absolute Gasteiger partial charge is 0.0627 e. The van der Waals surface area contributed by atoms with Crippen molar-refractivity contribution in [3.63, 3.8) is 0 Å². The molecule has 0 saturated heterocycles. The van der Waals surface area contributed by atoms with E-state index >= 15 is 0 Å². The van der Waals surface area contributed by atoms with Crippen molar-refractivity contribution in [1.82, 2.24) is 0 Å². The van der Waals surface area contributed by atoms with Crippen molar-refractivity contribution in [3.05, 3.63) is 0 Å². The molecule has 82 valence electrons. The molecule has 0 aromatic carbocycles. The zero-order chi connectivity index (χ0) is 9.97. The number of methoxy groups -OCH3 is 1. The normalized spacial score (nSPS) is 35.6. The lowest BCUT2D eigenvalue weighted by Crippen LogP contribution is -2.29. The second kappa shape index (κ2) is 4.98. The van der Waals surface area contributed by atoms with Crippen LogP contribution in [0.2, 0.25) is 0 Å². The molecule has 2 aliphatic carbocycles. The van der Waals surface area contributed by atoms with Crippen molar-refractivity contribution < 1.29 is 4.74 Å². The average molecular weight is 261 g/mol. The average Bonchev–Trinajstić information content (AvgIpc) is 3.04. The van der Waals surface area contributed by atoms with Crippen LogP contribution in [-0.2, 0) is 4.74 Å². The molecule has 1 unspecified atom stereocenters. The number of hydrogen-bond acceptors (Lipinski definition) is 1. The van der Waals surface area contributed by atoms with Crippen LogP contribution in [0.4, 0.5) is 0 Å². The predicted octanol–water partition coefficient (Wildman–Crippen LogP) is 3.61. The molecule has 0 aromatic rings. The minimum atomic E-state index is 0.589. The Morgan fingerprint density at radius 2 is 1.57 bits per heavy atom. The highest BCUT2D eigenvalue weighted by atomic mass is 79.9. The maximum atomic E-state index is 5.67. The highest BCUT2D eigenvalue weighted by Gasteiger charge is 2.37. The van der Waals surface area contributed by atoms with Crippen LogP contribution in [-0.4, -0.2) is 18.5 Å². The van der Waals surface area contributed by atoms with Crippen LogP contribution in [0, 0.1) is 17.8 Å². The third-order valence-electron chi connectivity index (χ3n) is 3.93. The Bertz CT molecular complexity index is 171. The van der Waals surface area contributed by atoms with E-state index < -0.39 is 0 Å². The molecule has 2 aliphatic rings. The molecule has 2 fully saturated rings. The predicted molar refractivity (Wildman–Crippen MR) is 62.8 cm³/mol. The minimum Gasteiger partial charge on any atom is -0.381 e. The fourth-order valence-electron chi connectivity index (χ4n) is 2.87. The molecular weight excluding hydrogens is 240 g/mol. The van der Waals surface area contributed by atoms with Crippen molar-refractivity contribution in [2.45, 2.75) is 44.6 Å². The van der Waals surface area contributed by atoms with Crippen LogP contribution >= 0.6 is 15.9 Å². The molecule has 2 rings (SSSR count). The summed E-state index contributed by atoms with van der Waals surface area (Å²) in [5, 5.41) is 1.20. The molecule has 0 aromatic heterocycles. The largest absolute Gasteiger partial charge is 0.381 e. The number of halogens is 1. The zero-order valence-electron chi connectivity index (χ0n) is 9.05. The van der Waals surface area contributed by atoms with Gasteiger partial charge in [-0.25, -0.2) is 0 Å². The molecule has 0 radical (unpaired) electrons. The van der Waals surface area contributed by atoms with E-state index in [9.17, 15) is 0 Å². The van der Waals surface area contributed by atoms with Gasteiger partial charge in [-0.2, -0.15) is 0 Å². The molecule has 1 nitrogen and oxygen atoms in total. The Morgan fingerprint density at radius 1 is 1.07 bits per heavy atom. The van der Waals surface area contributed by atoms with Gasteiger partial charge in [-0.15, -0.1) is 0 Å². The Hall–Kier alpha value is 0.440. The van der Waals surface area contributed by atoms with E-state index in [4.69, 9.17) is 4.74 Å². The minimum absolute atomic E-state index is 0.589. The maximum absolute atomic E-state index is 5.67. The Labute approximate surface area is 95.7 Å². The molecule has 0 N–H and O–H groups in total. The molecule has 0 amide bonds. The van der Waals surface area contributed by atoms with Crippen LogP contribution in [0.3, 0.4) is 0 Å². The van der Waals surface area contributed by atoms with Gasteiger partial charge in [0, 0.05) is 12.4 Å². The number of rotatable bonds is 4. The van der Waals surface area contributed by atoms with E-state index in [1.54, 1.807) is 0 Å². The van der Waals surface area contributed by atoms with Gasteiger partial charge in [0.25, 0.3) is 0 Å². The standard InChI is InChI=1S/C12H21BrO/c1-14-12(11-6-7-11)10-4-2-9(8-13)3-5-10/h9-12H,2-8H2,1H3. The molecule has 0 heterocycles. The molecule has 1 atom stereocenters. The third-order valence-corrected chi connectivity index (χ3v) is 4.85. The van der Waals surface area contributed by atoms with Crippen molar-refractivity contribution in [2.24, 2.45) is 17.8 Å². The fourth-order valence-corrected chi connectivity index (χ4v) is 3.51. The van der Waals surface area contributed by atoms with Gasteiger partial charge in [0.15, 0.2) is 0 Å². The summed E-state index contributed by atoms with van der Waals surface area (Å²) in [6.45, 7) is 0. The summed E-state index contributed by atoms with van der Waals surface area (Å²) >= 11 is 3.59. The Morgan fingerprint density at radius 3 is 1.93 bits per heavy atom. The van der Waals surface area contributed by atoms with Crippen LogP contribution in [0.25, 0.3) is 0 Å². The summed E-state index contributed by atoms with van der Waals surface area (Å²) < 4.78 is 5.67. The van der Waals surface area contributed by atoms with Crippen molar-refractivity contribution >= 4 is 15.9 Å². The molecule has 2 saturated carbocycles. The van der Waals surface area contributed by atoms with Crippen LogP contribution in [0.5, 0.6) is 0 Å². The molecule has 0 bridgehead atoms. The highest BCUT2D eigenvalue weighted by Crippen LogP contribution is 2.42. The Balaban J connectivity index is 1.80. The first kappa shape index (κ1) is 10.9. The van der Waals surface area contributed by atoms with E-state index in [1.807, 2.05) is 7.11 Å². The zero-order valence-corrected chi connectivity index (χ0v) is 10.6. The lowest BCUT2D eigenvalue weighted by Gasteiger charge is -2.32. The van der Waals surface area contributed by atoms with E-state index in [0.29, 0.717) is 6.10 Å². The first-order valence-corrected chi connectivity index (χ1v) is 7.06. The van der Waals surface area contributed by atoms with E-state index in [1.165, 1.54) is 43.9 Å². The van der Waals surface area contributed by atoms with Gasteiger partial charge in [-0.3, -0.25) is 0 Å². The van der Waals surface area contributed by atoms with Crippen molar-refractivity contribution in [1.29, 1.82) is 0 Å². The second-order valence-electron chi connectivity index (χ2n) is 4.97. The van der Waals surface area contributed by atoms with Gasteiger partial charge in [-0.1, -0.05) is 15.9 Å². The van der Waals surface area contributed by atoms with Gasteiger partial charge >= 0.3 is 0 Å². The molecule has 0 aliphatic heterocycles. The Kier molecular flexibility index (Phi) is 3.89. The monoisotopic (exact) mass is 260 g/mol. The van der Waals surface area contributed by atoms with E-state index in [0.717, 1.165) is 17.8 Å². The molecular formula is C12H21BrO. The molecule has 2 heteroatoms. The van der Waals surface area contributed by atoms with Gasteiger partial charge in [-0.05, 0) is 56.3 Å². The van der Waals surface area contributed by atoms with Crippen molar-refractivity contribution in [3.8, 4) is 0 Å². The van der Waals surface area contributed by atoms with Gasteiger partial charge in [0.1, 0.15) is 0 Å². The summed E-state index contributed by atoms with van der Waals surface area (Å²) in [6.07, 6.45) is 9.02. The maximum Gasteiger partial charge on any atom is 0.0627 e. The SMILES string of the molecule is COC(C1CCC(CBr)CC1)C1CC1. The summed E-state index contributed by atoms with van der Waals surface area (Å²) in [7, 11) is 1.90. The fraction of sp³-hybridized carbons (Fsp3) is 1.00. The summed E-state index contributed by atoms with van der Waals surface area (Å²) in [5.41, 5.74) is 0. The first-order chi connectivity index (χ1) is 6.85. The molecule has 14 heavy (non-hydrogen) atoms. The lowest BCUT2D eigenvalue weighted by molar-refractivity contribution is 0.0156. The van der Waals surface area contributed by atoms with Crippen LogP contribution in [0.1, 0.15) is 38.5 Å². The number of hydrogen-bond donors (Lipinski definition) is 0. The van der Waals surface area contributed by atoms with Crippen LogP contribution in [0.15, 0.2) is 0 Å². The topological polar surface area (TPSA) is 9.23 Å². The number of alkyl halides is 1. The summed E-state index contributed by atoms with van der Waals surface area (Å²) in [6, 6.07) is 0. The number of ether oxygens (including phenoxy) is 1. The highest BCUT2D eigenvalue weighted by molar-refractivity contribution is 9.09. The third kappa shape index (κ3) is 2.52. The molecule has 0 spiro atoms. The summed E-state index contributed by atoms with van der Waals surface area (Å²) in [4.78, 5) is 0.